The van der Waals surface area contributed by atoms with E-state index in [2.05, 4.69) is 41.0 Å². The Morgan fingerprint density at radius 3 is 2.68 bits per heavy atom. The fraction of sp³-hybridized carbons (Fsp3) is 0.118. The number of hydrogen-bond donors (Lipinski definition) is 2. The van der Waals surface area contributed by atoms with Gasteiger partial charge in [-0.2, -0.15) is 0 Å². The molecule has 22 heavy (non-hydrogen) atoms. The van der Waals surface area contributed by atoms with E-state index in [0.29, 0.717) is 17.9 Å². The molecule has 116 valence electrons. The molecule has 1 aliphatic heterocycles. The largest absolute Gasteiger partial charge is 0.476 e. The van der Waals surface area contributed by atoms with E-state index >= 15 is 0 Å². The van der Waals surface area contributed by atoms with E-state index in [-0.39, 0.29) is 5.70 Å². The third-order valence-corrected chi connectivity index (χ3v) is 3.06. The van der Waals surface area contributed by atoms with Crippen LogP contribution in [0.25, 0.3) is 0 Å². The quantitative estimate of drug-likeness (QED) is 0.676. The van der Waals surface area contributed by atoms with Crippen molar-refractivity contribution in [2.45, 2.75) is 6.92 Å². The summed E-state index contributed by atoms with van der Waals surface area (Å²) >= 11 is 3.26. The minimum absolute atomic E-state index is 0.131. The zero-order chi connectivity index (χ0) is 16.7. The van der Waals surface area contributed by atoms with Crippen LogP contribution in [0.4, 0.5) is 0 Å². The molecule has 0 spiro atoms. The highest BCUT2D eigenvalue weighted by Crippen LogP contribution is 2.23. The normalized spacial score (nSPS) is 15.5. The summed E-state index contributed by atoms with van der Waals surface area (Å²) in [4.78, 5) is 13.1. The van der Waals surface area contributed by atoms with E-state index < -0.39 is 5.97 Å². The summed E-state index contributed by atoms with van der Waals surface area (Å²) in [6.45, 7) is 13.6. The molecule has 0 aromatic carbocycles. The van der Waals surface area contributed by atoms with Crippen LogP contribution in [0.1, 0.15) is 6.92 Å². The van der Waals surface area contributed by atoms with Gasteiger partial charge in [0.1, 0.15) is 0 Å². The molecule has 0 bridgehead atoms. The first-order chi connectivity index (χ1) is 10.4. The average molecular weight is 363 g/mol. The van der Waals surface area contributed by atoms with Crippen molar-refractivity contribution in [2.24, 2.45) is 0 Å². The number of hydrogen-bond acceptors (Lipinski definition) is 3. The maximum atomic E-state index is 11.6. The van der Waals surface area contributed by atoms with Crippen molar-refractivity contribution >= 4 is 21.9 Å². The number of rotatable bonds is 7. The first kappa shape index (κ1) is 17.8. The summed E-state index contributed by atoms with van der Waals surface area (Å²) in [7, 11) is 0. The summed E-state index contributed by atoms with van der Waals surface area (Å²) in [6.07, 6.45) is 10.4. The van der Waals surface area contributed by atoms with Crippen molar-refractivity contribution in [1.29, 1.82) is 0 Å². The molecular weight excluding hydrogens is 344 g/mol. The third-order valence-electron chi connectivity index (χ3n) is 2.84. The predicted molar refractivity (Wildman–Crippen MR) is 93.9 cm³/mol. The van der Waals surface area contributed by atoms with Gasteiger partial charge in [0.2, 0.25) is 0 Å². The van der Waals surface area contributed by atoms with E-state index in [4.69, 9.17) is 0 Å². The number of nitrogens with one attached hydrogen (secondary N) is 1. The average Bonchev–Trinajstić information content (AvgIpc) is 2.45. The van der Waals surface area contributed by atoms with Crippen LogP contribution < -0.4 is 5.32 Å². The standard InChI is InChI=1S/C17H19BrN2O2/c1-5-9-20-13(4)7-8-15(16(20)17(21)22)19-11-14(6-2)10-12(3)18/h5-10,19H,2-4,11H2,1H3,(H,21,22)/b9-5-,14-10+. The Balaban J connectivity index is 3.10. The fourth-order valence-electron chi connectivity index (χ4n) is 1.87. The van der Waals surface area contributed by atoms with Crippen molar-refractivity contribution in [3.05, 3.63) is 83.5 Å². The highest BCUT2D eigenvalue weighted by Gasteiger charge is 2.23. The molecule has 1 aliphatic rings. The molecule has 0 saturated heterocycles. The Morgan fingerprint density at radius 2 is 2.18 bits per heavy atom. The predicted octanol–water partition coefficient (Wildman–Crippen LogP) is 3.81. The SMILES string of the molecule is C=C/C(=C\C(=C)Br)CNC1=C(C(=O)O)N(/C=C\C)C(=C)C=C1. The van der Waals surface area contributed by atoms with Crippen LogP contribution in [-0.2, 0) is 4.79 Å². The monoisotopic (exact) mass is 362 g/mol. The smallest absolute Gasteiger partial charge is 0.355 e. The van der Waals surface area contributed by atoms with E-state index in [1.807, 2.05) is 13.0 Å². The van der Waals surface area contributed by atoms with E-state index in [9.17, 15) is 9.90 Å². The Morgan fingerprint density at radius 1 is 1.50 bits per heavy atom. The molecule has 0 radical (unpaired) electrons. The molecule has 1 heterocycles. The maximum Gasteiger partial charge on any atom is 0.355 e. The molecule has 2 N–H and O–H groups in total. The van der Waals surface area contributed by atoms with E-state index in [0.717, 1.165) is 10.1 Å². The van der Waals surface area contributed by atoms with Crippen LogP contribution in [0.5, 0.6) is 0 Å². The summed E-state index contributed by atoms with van der Waals surface area (Å²) in [5.41, 5.74) is 2.11. The lowest BCUT2D eigenvalue weighted by Gasteiger charge is -2.27. The van der Waals surface area contributed by atoms with Gasteiger partial charge in [0, 0.05) is 22.9 Å². The lowest BCUT2D eigenvalue weighted by molar-refractivity contribution is -0.134. The highest BCUT2D eigenvalue weighted by molar-refractivity contribution is 9.11. The zero-order valence-electron chi connectivity index (χ0n) is 12.5. The Hall–Kier alpha value is -2.27. The van der Waals surface area contributed by atoms with Crippen molar-refractivity contribution < 1.29 is 9.90 Å². The molecular formula is C17H19BrN2O2. The van der Waals surface area contributed by atoms with Crippen LogP contribution in [0.15, 0.2) is 83.5 Å². The molecule has 1 rings (SSSR count). The number of halogens is 1. The number of carboxylic acid groups (broad SMARTS) is 1. The minimum Gasteiger partial charge on any atom is -0.476 e. The lowest BCUT2D eigenvalue weighted by Crippen LogP contribution is -2.30. The Labute approximate surface area is 139 Å². The number of nitrogens with zero attached hydrogens (tertiary/aromatic N) is 1. The van der Waals surface area contributed by atoms with Crippen LogP contribution in [0.2, 0.25) is 0 Å². The van der Waals surface area contributed by atoms with Crippen molar-refractivity contribution in [2.75, 3.05) is 6.54 Å². The second-order valence-electron chi connectivity index (χ2n) is 4.47. The fourth-order valence-corrected chi connectivity index (χ4v) is 2.17. The van der Waals surface area contributed by atoms with Crippen LogP contribution in [-0.4, -0.2) is 22.5 Å². The molecule has 5 heteroatoms. The van der Waals surface area contributed by atoms with Gasteiger partial charge in [-0.25, -0.2) is 4.79 Å². The summed E-state index contributed by atoms with van der Waals surface area (Å²) in [6, 6.07) is 0. The molecule has 0 aliphatic carbocycles. The van der Waals surface area contributed by atoms with Gasteiger partial charge in [0.15, 0.2) is 5.70 Å². The molecule has 0 amide bonds. The molecule has 0 saturated carbocycles. The second kappa shape index (κ2) is 8.24. The van der Waals surface area contributed by atoms with Crippen molar-refractivity contribution in [3.63, 3.8) is 0 Å². The van der Waals surface area contributed by atoms with Gasteiger partial charge in [-0.3, -0.25) is 0 Å². The molecule has 4 nitrogen and oxygen atoms in total. The molecule has 0 aromatic rings. The number of aliphatic carboxylic acids is 1. The first-order valence-corrected chi connectivity index (χ1v) is 7.37. The molecule has 0 atom stereocenters. The van der Waals surface area contributed by atoms with Crippen molar-refractivity contribution in [3.8, 4) is 0 Å². The van der Waals surface area contributed by atoms with Crippen LogP contribution in [0.3, 0.4) is 0 Å². The first-order valence-electron chi connectivity index (χ1n) is 6.58. The summed E-state index contributed by atoms with van der Waals surface area (Å²) < 4.78 is 0.722. The molecule has 0 aromatic heterocycles. The zero-order valence-corrected chi connectivity index (χ0v) is 14.1. The van der Waals surface area contributed by atoms with E-state index in [1.165, 1.54) is 4.90 Å². The number of carbonyl (C=O) groups is 1. The van der Waals surface area contributed by atoms with Gasteiger partial charge in [-0.15, -0.1) is 0 Å². The lowest BCUT2D eigenvalue weighted by atomic mass is 10.1. The number of allylic oxidation sites excluding steroid dienone is 5. The topological polar surface area (TPSA) is 52.6 Å². The maximum absolute atomic E-state index is 11.6. The van der Waals surface area contributed by atoms with Crippen LogP contribution >= 0.6 is 15.9 Å². The van der Waals surface area contributed by atoms with Gasteiger partial charge in [0.05, 0.1) is 5.70 Å². The highest BCUT2D eigenvalue weighted by atomic mass is 79.9. The van der Waals surface area contributed by atoms with E-state index in [1.54, 1.807) is 30.5 Å². The van der Waals surface area contributed by atoms with Gasteiger partial charge in [-0.05, 0) is 30.7 Å². The summed E-state index contributed by atoms with van der Waals surface area (Å²) in [5.74, 6) is -1.03. The summed E-state index contributed by atoms with van der Waals surface area (Å²) in [5, 5.41) is 12.6. The van der Waals surface area contributed by atoms with Crippen molar-refractivity contribution in [1.82, 2.24) is 10.2 Å². The Bertz CT molecular complexity index is 625. The third kappa shape index (κ3) is 4.63. The number of carboxylic acids is 1. The van der Waals surface area contributed by atoms with Gasteiger partial charge in [-0.1, -0.05) is 47.8 Å². The molecule has 0 unspecified atom stereocenters. The van der Waals surface area contributed by atoms with Gasteiger partial charge >= 0.3 is 5.97 Å². The van der Waals surface area contributed by atoms with Crippen LogP contribution in [0, 0.1) is 0 Å². The van der Waals surface area contributed by atoms with Gasteiger partial charge < -0.3 is 15.3 Å². The molecule has 0 fully saturated rings. The Kier molecular flexibility index (Phi) is 6.66. The second-order valence-corrected chi connectivity index (χ2v) is 5.49. The van der Waals surface area contributed by atoms with Gasteiger partial charge in [0.25, 0.3) is 0 Å². The minimum atomic E-state index is -1.03.